The average molecular weight is 201 g/mol. The van der Waals surface area contributed by atoms with E-state index in [0.29, 0.717) is 6.61 Å². The highest BCUT2D eigenvalue weighted by Gasteiger charge is 2.19. The van der Waals surface area contributed by atoms with E-state index < -0.39 is 0 Å². The second-order valence-corrected chi connectivity index (χ2v) is 3.80. The molecule has 15 heavy (non-hydrogen) atoms. The first kappa shape index (κ1) is 10.1. The van der Waals surface area contributed by atoms with Crippen LogP contribution in [-0.4, -0.2) is 12.6 Å². The van der Waals surface area contributed by atoms with Gasteiger partial charge in [0, 0.05) is 12.6 Å². The molecule has 0 radical (unpaired) electrons. The number of terminal acetylenes is 1. The van der Waals surface area contributed by atoms with Gasteiger partial charge in [-0.25, -0.2) is 0 Å². The molecule has 1 fully saturated rings. The van der Waals surface area contributed by atoms with Gasteiger partial charge in [0.05, 0.1) is 0 Å². The van der Waals surface area contributed by atoms with E-state index in [-0.39, 0.29) is 0 Å². The van der Waals surface area contributed by atoms with Gasteiger partial charge in [-0.3, -0.25) is 0 Å². The van der Waals surface area contributed by atoms with Crippen molar-refractivity contribution < 1.29 is 4.74 Å². The van der Waals surface area contributed by atoms with Gasteiger partial charge in [0.25, 0.3) is 0 Å². The van der Waals surface area contributed by atoms with Crippen LogP contribution in [0.2, 0.25) is 0 Å². The van der Waals surface area contributed by atoms with Crippen LogP contribution in [0.1, 0.15) is 18.4 Å². The zero-order valence-electron chi connectivity index (χ0n) is 8.70. The largest absolute Gasteiger partial charge is 0.481 e. The maximum atomic E-state index is 5.35. The molecule has 0 aliphatic heterocycles. The lowest BCUT2D eigenvalue weighted by molar-refractivity contribution is 0.370. The summed E-state index contributed by atoms with van der Waals surface area (Å²) in [5.41, 5.74) is 1.25. The van der Waals surface area contributed by atoms with E-state index in [9.17, 15) is 0 Å². The third-order valence-electron chi connectivity index (χ3n) is 2.39. The Hall–Kier alpha value is -1.46. The fraction of sp³-hybridized carbons (Fsp3) is 0.385. The Morgan fingerprint density at radius 2 is 2.33 bits per heavy atom. The molecule has 0 spiro atoms. The van der Waals surface area contributed by atoms with E-state index in [1.54, 1.807) is 0 Å². The topological polar surface area (TPSA) is 21.3 Å². The lowest BCUT2D eigenvalue weighted by Gasteiger charge is -2.06. The third kappa shape index (κ3) is 3.30. The zero-order valence-corrected chi connectivity index (χ0v) is 8.70. The number of ether oxygens (including phenoxy) is 1. The van der Waals surface area contributed by atoms with Crippen molar-refractivity contribution in [3.05, 3.63) is 29.8 Å². The molecule has 0 bridgehead atoms. The van der Waals surface area contributed by atoms with Crippen molar-refractivity contribution in [3.8, 4) is 18.1 Å². The van der Waals surface area contributed by atoms with E-state index in [2.05, 4.69) is 17.3 Å². The quantitative estimate of drug-likeness (QED) is 0.735. The van der Waals surface area contributed by atoms with E-state index in [1.165, 1.54) is 18.4 Å². The molecular weight excluding hydrogens is 186 g/mol. The van der Waals surface area contributed by atoms with Gasteiger partial charge >= 0.3 is 0 Å². The highest BCUT2D eigenvalue weighted by Crippen LogP contribution is 2.20. The molecule has 2 heteroatoms. The van der Waals surface area contributed by atoms with Gasteiger partial charge in [-0.15, -0.1) is 6.42 Å². The molecule has 0 unspecified atom stereocenters. The molecule has 1 aliphatic rings. The maximum Gasteiger partial charge on any atom is 0.148 e. The summed E-state index contributed by atoms with van der Waals surface area (Å²) in [6.07, 6.45) is 7.76. The molecule has 1 aromatic rings. The van der Waals surface area contributed by atoms with Crippen LogP contribution in [0.25, 0.3) is 0 Å². The number of rotatable bonds is 5. The lowest BCUT2D eigenvalue weighted by Crippen LogP contribution is -2.15. The summed E-state index contributed by atoms with van der Waals surface area (Å²) >= 11 is 0. The van der Waals surface area contributed by atoms with Gasteiger partial charge in [0.2, 0.25) is 0 Å². The molecule has 0 aromatic heterocycles. The minimum Gasteiger partial charge on any atom is -0.481 e. The summed E-state index contributed by atoms with van der Waals surface area (Å²) < 4.78 is 5.35. The normalized spacial score (nSPS) is 14.6. The highest BCUT2D eigenvalue weighted by molar-refractivity contribution is 5.28. The highest BCUT2D eigenvalue weighted by atomic mass is 16.5. The van der Waals surface area contributed by atoms with Crippen LogP contribution in [0.4, 0.5) is 0 Å². The number of hydrogen-bond acceptors (Lipinski definition) is 2. The SMILES string of the molecule is C#CCOc1cccc(CNC2CC2)c1. The van der Waals surface area contributed by atoms with Crippen LogP contribution >= 0.6 is 0 Å². The Kier molecular flexibility index (Phi) is 3.26. The summed E-state index contributed by atoms with van der Waals surface area (Å²) in [7, 11) is 0. The molecule has 78 valence electrons. The number of hydrogen-bond donors (Lipinski definition) is 1. The smallest absolute Gasteiger partial charge is 0.148 e. The van der Waals surface area contributed by atoms with Crippen LogP contribution in [-0.2, 0) is 6.54 Å². The second kappa shape index (κ2) is 4.86. The molecule has 2 nitrogen and oxygen atoms in total. The van der Waals surface area contributed by atoms with Crippen LogP contribution in [0, 0.1) is 12.3 Å². The Bertz CT molecular complexity index is 363. The Labute approximate surface area is 90.6 Å². The minimum atomic E-state index is 0.333. The molecule has 0 saturated heterocycles. The molecule has 0 amide bonds. The number of benzene rings is 1. The summed E-state index contributed by atoms with van der Waals surface area (Å²) in [6, 6.07) is 8.79. The fourth-order valence-corrected chi connectivity index (χ4v) is 1.42. The predicted octanol–water partition coefficient (Wildman–Crippen LogP) is 1.95. The fourth-order valence-electron chi connectivity index (χ4n) is 1.42. The standard InChI is InChI=1S/C13H15NO/c1-2-8-15-13-5-3-4-11(9-13)10-14-12-6-7-12/h1,3-5,9,12,14H,6-8,10H2. The number of nitrogens with one attached hydrogen (secondary N) is 1. The Morgan fingerprint density at radius 1 is 1.47 bits per heavy atom. The van der Waals surface area contributed by atoms with E-state index in [1.807, 2.05) is 18.2 Å². The van der Waals surface area contributed by atoms with Crippen LogP contribution in [0.15, 0.2) is 24.3 Å². The first-order valence-corrected chi connectivity index (χ1v) is 5.27. The van der Waals surface area contributed by atoms with Crippen molar-refractivity contribution in [2.75, 3.05) is 6.61 Å². The van der Waals surface area contributed by atoms with Gasteiger partial charge < -0.3 is 10.1 Å². The van der Waals surface area contributed by atoms with Gasteiger partial charge in [-0.05, 0) is 30.5 Å². The van der Waals surface area contributed by atoms with Crippen LogP contribution in [0.3, 0.4) is 0 Å². The minimum absolute atomic E-state index is 0.333. The monoisotopic (exact) mass is 201 g/mol. The summed E-state index contributed by atoms with van der Waals surface area (Å²) in [5, 5.41) is 3.46. The van der Waals surface area contributed by atoms with E-state index in [0.717, 1.165) is 18.3 Å². The molecule has 1 N–H and O–H groups in total. The Balaban J connectivity index is 1.89. The molecule has 1 aromatic carbocycles. The van der Waals surface area contributed by atoms with Gasteiger partial charge in [0.1, 0.15) is 12.4 Å². The van der Waals surface area contributed by atoms with Crippen LogP contribution < -0.4 is 10.1 Å². The van der Waals surface area contributed by atoms with Crippen molar-refractivity contribution in [2.45, 2.75) is 25.4 Å². The molecule has 0 heterocycles. The zero-order chi connectivity index (χ0) is 10.5. The lowest BCUT2D eigenvalue weighted by atomic mass is 10.2. The second-order valence-electron chi connectivity index (χ2n) is 3.80. The van der Waals surface area contributed by atoms with Gasteiger partial charge in [-0.2, -0.15) is 0 Å². The summed E-state index contributed by atoms with van der Waals surface area (Å²) in [4.78, 5) is 0. The van der Waals surface area contributed by atoms with E-state index in [4.69, 9.17) is 11.2 Å². The summed E-state index contributed by atoms with van der Waals surface area (Å²) in [6.45, 7) is 1.25. The van der Waals surface area contributed by atoms with Gasteiger partial charge in [0.15, 0.2) is 0 Å². The van der Waals surface area contributed by atoms with Crippen LogP contribution in [0.5, 0.6) is 5.75 Å². The third-order valence-corrected chi connectivity index (χ3v) is 2.39. The average Bonchev–Trinajstić information content (AvgIpc) is 3.08. The first-order valence-electron chi connectivity index (χ1n) is 5.27. The van der Waals surface area contributed by atoms with Crippen molar-refractivity contribution in [1.82, 2.24) is 5.32 Å². The van der Waals surface area contributed by atoms with Crippen molar-refractivity contribution in [1.29, 1.82) is 0 Å². The maximum absolute atomic E-state index is 5.35. The summed E-state index contributed by atoms with van der Waals surface area (Å²) in [5.74, 6) is 3.31. The molecule has 1 aliphatic carbocycles. The van der Waals surface area contributed by atoms with Crippen molar-refractivity contribution >= 4 is 0 Å². The van der Waals surface area contributed by atoms with E-state index >= 15 is 0 Å². The van der Waals surface area contributed by atoms with Crippen molar-refractivity contribution in [2.24, 2.45) is 0 Å². The molecule has 2 rings (SSSR count). The molecule has 0 atom stereocenters. The first-order chi connectivity index (χ1) is 7.38. The Morgan fingerprint density at radius 3 is 3.07 bits per heavy atom. The molecular formula is C13H15NO. The predicted molar refractivity (Wildman–Crippen MR) is 60.6 cm³/mol. The van der Waals surface area contributed by atoms with Gasteiger partial charge in [-0.1, -0.05) is 18.1 Å². The van der Waals surface area contributed by atoms with Crippen molar-refractivity contribution in [3.63, 3.8) is 0 Å². The molecule has 1 saturated carbocycles.